The lowest BCUT2D eigenvalue weighted by atomic mass is 10.1. The van der Waals surface area contributed by atoms with Crippen LogP contribution < -0.4 is 4.90 Å². The summed E-state index contributed by atoms with van der Waals surface area (Å²) < 4.78 is 80.4. The summed E-state index contributed by atoms with van der Waals surface area (Å²) in [6, 6.07) is 8.59. The Morgan fingerprint density at radius 1 is 1.10 bits per heavy atom. The van der Waals surface area contributed by atoms with Crippen LogP contribution in [0.5, 0.6) is 0 Å². The largest absolute Gasteiger partial charge is 0.342 e. The number of fused-ring (bicyclic) bond motifs is 1. The van der Waals surface area contributed by atoms with Crippen LogP contribution in [0.1, 0.15) is 12.5 Å². The van der Waals surface area contributed by atoms with Gasteiger partial charge in [-0.2, -0.15) is 12.5 Å². The zero-order chi connectivity index (χ0) is 21.2. The molecule has 1 aliphatic rings. The van der Waals surface area contributed by atoms with Gasteiger partial charge < -0.3 is 4.90 Å². The summed E-state index contributed by atoms with van der Waals surface area (Å²) in [6.45, 7) is -0.510. The normalized spacial score (nSPS) is 16.8. The zero-order valence-corrected chi connectivity index (χ0v) is 16.5. The van der Waals surface area contributed by atoms with E-state index in [-0.39, 0.29) is 32.2 Å². The minimum atomic E-state index is -4.28. The topological polar surface area (TPSA) is 55.2 Å². The maximum Gasteiger partial charge on any atom is 0.283 e. The summed E-state index contributed by atoms with van der Waals surface area (Å²) in [5.74, 6) is -5.99. The van der Waals surface area contributed by atoms with Crippen molar-refractivity contribution < 1.29 is 26.0 Å². The van der Waals surface area contributed by atoms with Gasteiger partial charge in [0.1, 0.15) is 0 Å². The molecule has 0 atom stereocenters. The summed E-state index contributed by atoms with van der Waals surface area (Å²) in [6.07, 6.45) is 0. The lowest BCUT2D eigenvalue weighted by Crippen LogP contribution is -2.56. The fourth-order valence-electron chi connectivity index (χ4n) is 3.17. The van der Waals surface area contributed by atoms with E-state index in [0.717, 1.165) is 24.3 Å². The number of alkyl halides is 4. The van der Waals surface area contributed by atoms with Crippen molar-refractivity contribution in [1.29, 1.82) is 0 Å². The number of anilines is 1. The summed E-state index contributed by atoms with van der Waals surface area (Å²) in [5, 5.41) is 4.43. The van der Waals surface area contributed by atoms with Gasteiger partial charge in [-0.15, -0.1) is 5.10 Å². The van der Waals surface area contributed by atoms with Crippen molar-refractivity contribution in [2.24, 2.45) is 0 Å². The molecule has 0 unspecified atom stereocenters. The van der Waals surface area contributed by atoms with E-state index in [1.807, 2.05) is 0 Å². The molecule has 2 heterocycles. The third-order valence-electron chi connectivity index (χ3n) is 4.64. The molecule has 11 heteroatoms. The van der Waals surface area contributed by atoms with Crippen molar-refractivity contribution in [3.8, 4) is 0 Å². The minimum absolute atomic E-state index is 0.0248. The van der Waals surface area contributed by atoms with Crippen LogP contribution in [0.3, 0.4) is 0 Å². The van der Waals surface area contributed by atoms with Crippen molar-refractivity contribution in [1.82, 2.24) is 9.19 Å². The average molecular weight is 448 g/mol. The van der Waals surface area contributed by atoms with E-state index in [1.165, 1.54) is 23.1 Å². The SMILES string of the molecule is CC(F)(F)c1ccc(S(=O)(=O)n2nc(N3CC(F)(F)C3)c3c(Cl)cccc32)cc1. The van der Waals surface area contributed by atoms with E-state index in [9.17, 15) is 26.0 Å². The van der Waals surface area contributed by atoms with Gasteiger partial charge in [-0.05, 0) is 24.3 Å². The monoisotopic (exact) mass is 447 g/mol. The lowest BCUT2D eigenvalue weighted by Gasteiger charge is -2.39. The molecule has 1 fully saturated rings. The van der Waals surface area contributed by atoms with Gasteiger partial charge in [0.15, 0.2) is 5.82 Å². The fraction of sp³-hybridized carbons (Fsp3) is 0.278. The van der Waals surface area contributed by atoms with Crippen LogP contribution >= 0.6 is 11.6 Å². The van der Waals surface area contributed by atoms with Crippen LogP contribution in [0.15, 0.2) is 47.4 Å². The summed E-state index contributed by atoms with van der Waals surface area (Å²) in [7, 11) is -4.28. The molecule has 0 spiro atoms. The number of aromatic nitrogens is 2. The lowest BCUT2D eigenvalue weighted by molar-refractivity contribution is -0.0265. The highest BCUT2D eigenvalue weighted by Gasteiger charge is 2.46. The number of hydrogen-bond acceptors (Lipinski definition) is 4. The fourth-order valence-corrected chi connectivity index (χ4v) is 4.70. The van der Waals surface area contributed by atoms with Gasteiger partial charge in [-0.1, -0.05) is 29.8 Å². The first kappa shape index (κ1) is 20.0. The first-order chi connectivity index (χ1) is 13.4. The number of hydrogen-bond donors (Lipinski definition) is 0. The zero-order valence-electron chi connectivity index (χ0n) is 14.9. The second-order valence-corrected chi connectivity index (χ2v) is 9.10. The van der Waals surface area contributed by atoms with Gasteiger partial charge in [-0.25, -0.2) is 17.6 Å². The number of nitrogens with zero attached hydrogens (tertiary/aromatic N) is 3. The van der Waals surface area contributed by atoms with Crippen LogP contribution in [0.2, 0.25) is 5.02 Å². The van der Waals surface area contributed by atoms with Crippen LogP contribution in [0.25, 0.3) is 10.9 Å². The van der Waals surface area contributed by atoms with Crippen molar-refractivity contribution in [3.05, 3.63) is 53.1 Å². The van der Waals surface area contributed by atoms with Crippen molar-refractivity contribution in [2.45, 2.75) is 23.7 Å². The Bertz CT molecular complexity index is 1200. The highest BCUT2D eigenvalue weighted by Crippen LogP contribution is 2.39. The van der Waals surface area contributed by atoms with Crippen LogP contribution in [-0.2, 0) is 15.9 Å². The van der Waals surface area contributed by atoms with Crippen molar-refractivity contribution >= 4 is 38.3 Å². The molecule has 0 bridgehead atoms. The van der Waals surface area contributed by atoms with Crippen LogP contribution in [0.4, 0.5) is 23.4 Å². The molecule has 154 valence electrons. The first-order valence-electron chi connectivity index (χ1n) is 8.44. The van der Waals surface area contributed by atoms with E-state index in [4.69, 9.17) is 11.6 Å². The van der Waals surface area contributed by atoms with E-state index < -0.39 is 35.0 Å². The van der Waals surface area contributed by atoms with Gasteiger partial charge in [0.05, 0.1) is 33.9 Å². The van der Waals surface area contributed by atoms with Gasteiger partial charge in [0, 0.05) is 12.5 Å². The molecule has 5 nitrogen and oxygen atoms in total. The summed E-state index contributed by atoms with van der Waals surface area (Å²) in [5.41, 5.74) is -0.235. The maximum atomic E-state index is 13.4. The van der Waals surface area contributed by atoms with Gasteiger partial charge in [0.25, 0.3) is 21.9 Å². The standard InChI is InChI=1S/C18H14ClF4N3O2S/c1-17(20,21)11-5-7-12(8-6-11)29(27,28)26-14-4-2-3-13(19)15(14)16(24-26)25-9-18(22,23)10-25/h2-8H,9-10H2,1H3. The Morgan fingerprint density at radius 2 is 1.72 bits per heavy atom. The molecule has 4 rings (SSSR count). The third kappa shape index (κ3) is 3.33. The maximum absolute atomic E-state index is 13.4. The molecule has 2 aromatic carbocycles. The second kappa shape index (κ2) is 6.33. The Balaban J connectivity index is 1.84. The predicted molar refractivity (Wildman–Crippen MR) is 100 cm³/mol. The van der Waals surface area contributed by atoms with Gasteiger partial charge in [0.2, 0.25) is 0 Å². The third-order valence-corrected chi connectivity index (χ3v) is 6.55. The molecule has 0 radical (unpaired) electrons. The van der Waals surface area contributed by atoms with Gasteiger partial charge >= 0.3 is 0 Å². The quantitative estimate of drug-likeness (QED) is 0.553. The molecular weight excluding hydrogens is 434 g/mol. The number of halogens is 5. The second-order valence-electron chi connectivity index (χ2n) is 6.93. The molecule has 3 aromatic rings. The van der Waals surface area contributed by atoms with Crippen LogP contribution in [-0.4, -0.2) is 36.6 Å². The first-order valence-corrected chi connectivity index (χ1v) is 10.3. The Labute approximate surface area is 168 Å². The smallest absolute Gasteiger partial charge is 0.283 e. The molecule has 1 saturated heterocycles. The highest BCUT2D eigenvalue weighted by molar-refractivity contribution is 7.90. The molecule has 0 N–H and O–H groups in total. The molecule has 0 amide bonds. The molecule has 29 heavy (non-hydrogen) atoms. The molecular formula is C18H14ClF4N3O2S. The van der Waals surface area contributed by atoms with Gasteiger partial charge in [-0.3, -0.25) is 0 Å². The van der Waals surface area contributed by atoms with Crippen molar-refractivity contribution in [3.63, 3.8) is 0 Å². The molecule has 1 aromatic heterocycles. The van der Waals surface area contributed by atoms with Crippen LogP contribution in [0, 0.1) is 0 Å². The van der Waals surface area contributed by atoms with E-state index in [2.05, 4.69) is 5.10 Å². The summed E-state index contributed by atoms with van der Waals surface area (Å²) >= 11 is 6.19. The number of benzene rings is 2. The molecule has 0 aliphatic carbocycles. The molecule has 1 aliphatic heterocycles. The Kier molecular flexibility index (Phi) is 4.36. The predicted octanol–water partition coefficient (Wildman–Crippen LogP) is 4.49. The van der Waals surface area contributed by atoms with E-state index in [1.54, 1.807) is 0 Å². The Morgan fingerprint density at radius 3 is 2.28 bits per heavy atom. The van der Waals surface area contributed by atoms with Crippen molar-refractivity contribution in [2.75, 3.05) is 18.0 Å². The van der Waals surface area contributed by atoms with E-state index >= 15 is 0 Å². The van der Waals surface area contributed by atoms with E-state index in [0.29, 0.717) is 11.0 Å². The molecule has 0 saturated carbocycles. The summed E-state index contributed by atoms with van der Waals surface area (Å²) in [4.78, 5) is 0.969. The number of rotatable bonds is 4. The average Bonchev–Trinajstić information content (AvgIpc) is 3.00. The minimum Gasteiger partial charge on any atom is -0.342 e. The highest BCUT2D eigenvalue weighted by atomic mass is 35.5. The Hall–Kier alpha value is -2.33.